The molecule has 29 heavy (non-hydrogen) atoms. The summed E-state index contributed by atoms with van der Waals surface area (Å²) in [5.41, 5.74) is 1.39. The number of anilines is 1. The molecule has 1 N–H and O–H groups in total. The maximum atomic E-state index is 13.5. The number of aromatic nitrogens is 1. The molecular formula is C18H15N4O4S3-. The number of likely N-dealkylation sites (N-methyl/N-ethyl adjacent to an activating group) is 1. The van der Waals surface area contributed by atoms with Gasteiger partial charge >= 0.3 is 0 Å². The summed E-state index contributed by atoms with van der Waals surface area (Å²) in [5.74, 6) is -0.370. The summed E-state index contributed by atoms with van der Waals surface area (Å²) in [6.45, 7) is 0. The highest BCUT2D eigenvalue weighted by molar-refractivity contribution is 8.78. The van der Waals surface area contributed by atoms with Crippen molar-refractivity contribution < 1.29 is 18.4 Å². The van der Waals surface area contributed by atoms with Crippen molar-refractivity contribution in [3.8, 4) is 0 Å². The van der Waals surface area contributed by atoms with Crippen molar-refractivity contribution in [1.29, 1.82) is 0 Å². The second-order valence-corrected chi connectivity index (χ2v) is 11.0. The lowest BCUT2D eigenvalue weighted by Gasteiger charge is -2.53. The van der Waals surface area contributed by atoms with E-state index in [-0.39, 0.29) is 11.8 Å². The molecule has 1 aromatic carbocycles. The Balaban J connectivity index is 1.69. The zero-order chi connectivity index (χ0) is 20.1. The molecule has 1 unspecified atom stereocenters. The quantitative estimate of drug-likeness (QED) is 0.551. The molecule has 4 fully saturated rings. The Bertz CT molecular complexity index is 1090. The van der Waals surface area contributed by atoms with Crippen LogP contribution in [0.1, 0.15) is 17.5 Å². The third-order valence-corrected chi connectivity index (χ3v) is 10.4. The van der Waals surface area contributed by atoms with Gasteiger partial charge in [-0.2, -0.15) is 0 Å². The molecule has 2 amide bonds. The van der Waals surface area contributed by atoms with Gasteiger partial charge in [0.25, 0.3) is 11.8 Å². The summed E-state index contributed by atoms with van der Waals surface area (Å²) >= 11 is -2.62. The van der Waals surface area contributed by atoms with E-state index in [1.54, 1.807) is 30.3 Å². The fourth-order valence-corrected chi connectivity index (χ4v) is 9.55. The number of fused-ring (bicyclic) bond motifs is 5. The zero-order valence-corrected chi connectivity index (χ0v) is 17.6. The molecule has 2 aromatic rings. The maximum Gasteiger partial charge on any atom is 0.261 e. The van der Waals surface area contributed by atoms with Gasteiger partial charge in [-0.15, -0.1) is 0 Å². The minimum atomic E-state index is -2.62. The SMILES string of the molecule is CN1C(=O)[C@@]23C[C@]4(c5cc[nH]c5)c5ccccc5N(S(=O)[O-])[C@@H]4N2C(=O)[C@@H]1SS3. The van der Waals surface area contributed by atoms with Gasteiger partial charge in [0.2, 0.25) is 0 Å². The highest BCUT2D eigenvalue weighted by atomic mass is 33.1. The van der Waals surface area contributed by atoms with Crippen LogP contribution in [0.15, 0.2) is 42.7 Å². The molecule has 6 heterocycles. The summed E-state index contributed by atoms with van der Waals surface area (Å²) in [4.78, 5) is 31.8. The van der Waals surface area contributed by atoms with Crippen molar-refractivity contribution in [2.24, 2.45) is 0 Å². The van der Waals surface area contributed by atoms with Crippen molar-refractivity contribution in [3.05, 3.63) is 53.9 Å². The number of aromatic amines is 1. The first-order valence-electron chi connectivity index (χ1n) is 9.00. The molecule has 0 radical (unpaired) electrons. The van der Waals surface area contributed by atoms with Gasteiger partial charge in [0.15, 0.2) is 10.2 Å². The van der Waals surface area contributed by atoms with Crippen molar-refractivity contribution in [3.63, 3.8) is 0 Å². The van der Waals surface area contributed by atoms with E-state index in [1.807, 2.05) is 24.4 Å². The van der Waals surface area contributed by atoms with Crippen LogP contribution in [0, 0.1) is 0 Å². The van der Waals surface area contributed by atoms with Crippen LogP contribution in [-0.2, 0) is 26.3 Å². The van der Waals surface area contributed by atoms with Crippen LogP contribution in [-0.4, -0.2) is 58.8 Å². The number of rotatable bonds is 2. The number of hydrogen-bond donors (Lipinski definition) is 1. The van der Waals surface area contributed by atoms with Gasteiger partial charge in [-0.3, -0.25) is 23.0 Å². The molecule has 0 aliphatic carbocycles. The molecule has 5 atom stereocenters. The Hall–Kier alpha value is -1.95. The van der Waals surface area contributed by atoms with E-state index in [2.05, 4.69) is 4.98 Å². The average molecular weight is 448 g/mol. The van der Waals surface area contributed by atoms with Crippen LogP contribution < -0.4 is 4.31 Å². The number of hydrogen-bond acceptors (Lipinski definition) is 6. The van der Waals surface area contributed by atoms with Crippen LogP contribution in [0.25, 0.3) is 0 Å². The van der Waals surface area contributed by atoms with Gasteiger partial charge in [-0.1, -0.05) is 39.8 Å². The topological polar surface area (TPSA) is 99.8 Å². The summed E-state index contributed by atoms with van der Waals surface area (Å²) in [7, 11) is 4.40. The zero-order valence-electron chi connectivity index (χ0n) is 15.1. The third kappa shape index (κ3) is 1.86. The summed E-state index contributed by atoms with van der Waals surface area (Å²) < 4.78 is 26.1. The Morgan fingerprint density at radius 2 is 2.07 bits per heavy atom. The van der Waals surface area contributed by atoms with E-state index in [0.29, 0.717) is 12.1 Å². The maximum absolute atomic E-state index is 13.5. The monoisotopic (exact) mass is 447 g/mol. The fraction of sp³-hybridized carbons (Fsp3) is 0.333. The number of H-pyrrole nitrogens is 1. The summed E-state index contributed by atoms with van der Waals surface area (Å²) in [5, 5.41) is -0.651. The molecule has 4 saturated heterocycles. The predicted octanol–water partition coefficient (Wildman–Crippen LogP) is 1.36. The first-order valence-corrected chi connectivity index (χ1v) is 12.2. The number of nitrogens with one attached hydrogen (secondary N) is 1. The standard InChI is InChI=1S/C18H16N4O4S3/c1-20-14-13(23)21-15-17(10-6-7-19-8-10,9-18(21,16(20)24)28-27-14)11-4-2-3-5-12(11)22(15)29(25)26/h2-8,14-15,19H,9H2,1H3,(H,25,26)/p-1/t14-,15-,17-,18-/m0/s1. The molecule has 0 saturated carbocycles. The van der Waals surface area contributed by atoms with Crippen LogP contribution in [0.2, 0.25) is 0 Å². The van der Waals surface area contributed by atoms with E-state index in [4.69, 9.17) is 0 Å². The molecule has 1 aromatic heterocycles. The van der Waals surface area contributed by atoms with Gasteiger partial charge in [0.1, 0.15) is 6.17 Å². The van der Waals surface area contributed by atoms with Crippen LogP contribution in [0.4, 0.5) is 5.69 Å². The van der Waals surface area contributed by atoms with E-state index in [1.165, 1.54) is 30.8 Å². The average Bonchev–Trinajstić information content (AvgIpc) is 3.38. The summed E-state index contributed by atoms with van der Waals surface area (Å²) in [6, 6.07) is 9.21. The minimum absolute atomic E-state index is 0.149. The highest BCUT2D eigenvalue weighted by Crippen LogP contribution is 2.68. The number of piperazine rings is 1. The van der Waals surface area contributed by atoms with Crippen molar-refractivity contribution in [2.45, 2.75) is 28.2 Å². The van der Waals surface area contributed by atoms with E-state index < -0.39 is 33.1 Å². The molecule has 11 heteroatoms. The second-order valence-electron chi connectivity index (χ2n) is 7.62. The lowest BCUT2D eigenvalue weighted by Crippen LogP contribution is -2.71. The number of para-hydroxylation sites is 1. The fourth-order valence-electron chi connectivity index (χ4n) is 5.34. The number of carbonyl (C=O) groups excluding carboxylic acids is 2. The molecule has 2 bridgehead atoms. The first-order chi connectivity index (χ1) is 13.9. The van der Waals surface area contributed by atoms with Gasteiger partial charge in [0, 0.05) is 37.1 Å². The Labute approximate surface area is 176 Å². The van der Waals surface area contributed by atoms with Gasteiger partial charge in [0.05, 0.1) is 11.1 Å². The predicted molar refractivity (Wildman–Crippen MR) is 109 cm³/mol. The molecule has 7 rings (SSSR count). The summed E-state index contributed by atoms with van der Waals surface area (Å²) in [6.07, 6.45) is 3.10. The molecule has 1 spiro atoms. The van der Waals surface area contributed by atoms with Crippen LogP contribution in [0.3, 0.4) is 0 Å². The third-order valence-electron chi connectivity index (χ3n) is 6.44. The van der Waals surface area contributed by atoms with Gasteiger partial charge < -0.3 is 14.4 Å². The second kappa shape index (κ2) is 5.60. The normalized spacial score (nSPS) is 35.7. The van der Waals surface area contributed by atoms with Gasteiger partial charge in [-0.05, 0) is 23.3 Å². The number of amides is 2. The molecular weight excluding hydrogens is 432 g/mol. The first kappa shape index (κ1) is 17.9. The van der Waals surface area contributed by atoms with Crippen molar-refractivity contribution in [2.75, 3.05) is 11.4 Å². The number of benzene rings is 1. The van der Waals surface area contributed by atoms with Gasteiger partial charge in [-0.25, -0.2) is 0 Å². The molecule has 150 valence electrons. The van der Waals surface area contributed by atoms with E-state index in [9.17, 15) is 18.4 Å². The van der Waals surface area contributed by atoms with Crippen LogP contribution >= 0.6 is 21.6 Å². The Morgan fingerprint density at radius 1 is 1.28 bits per heavy atom. The lowest BCUT2D eigenvalue weighted by atomic mass is 9.73. The molecule has 8 nitrogen and oxygen atoms in total. The Kier molecular flexibility index (Phi) is 3.45. The number of nitrogens with zero attached hydrogens (tertiary/aromatic N) is 3. The van der Waals surface area contributed by atoms with Crippen molar-refractivity contribution >= 4 is 50.4 Å². The Morgan fingerprint density at radius 3 is 2.79 bits per heavy atom. The number of carbonyl (C=O) groups is 2. The largest absolute Gasteiger partial charge is 0.755 e. The van der Waals surface area contributed by atoms with Crippen LogP contribution in [0.5, 0.6) is 0 Å². The van der Waals surface area contributed by atoms with E-state index in [0.717, 1.165) is 11.1 Å². The van der Waals surface area contributed by atoms with Crippen molar-refractivity contribution in [1.82, 2.24) is 14.8 Å². The highest BCUT2D eigenvalue weighted by Gasteiger charge is 2.76. The smallest absolute Gasteiger partial charge is 0.261 e. The minimum Gasteiger partial charge on any atom is -0.755 e. The lowest BCUT2D eigenvalue weighted by molar-refractivity contribution is -0.158. The molecule has 5 aliphatic rings. The van der Waals surface area contributed by atoms with E-state index >= 15 is 0 Å². The molecule has 5 aliphatic heterocycles.